The minimum Gasteiger partial charge on any atom is -0.488 e. The number of hydrogen-bond acceptors (Lipinski definition) is 3. The van der Waals surface area contributed by atoms with E-state index in [1.165, 1.54) is 31.2 Å². The van der Waals surface area contributed by atoms with Crippen molar-refractivity contribution >= 4 is 0 Å². The molecule has 94 valence electrons. The van der Waals surface area contributed by atoms with Crippen LogP contribution in [0, 0.1) is 5.92 Å². The second-order valence-electron chi connectivity index (χ2n) is 4.93. The van der Waals surface area contributed by atoms with Crippen LogP contribution in [-0.2, 0) is 6.54 Å². The molecule has 0 bridgehead atoms. The predicted molar refractivity (Wildman–Crippen MR) is 69.0 cm³/mol. The SMILES string of the molecule is CNCc1ccncc1OC1CCCCC1C. The molecule has 3 nitrogen and oxygen atoms in total. The molecule has 17 heavy (non-hydrogen) atoms. The highest BCUT2D eigenvalue weighted by molar-refractivity contribution is 5.29. The standard InChI is InChI=1S/C14H22N2O/c1-11-5-3-4-6-13(11)17-14-10-16-8-7-12(14)9-15-2/h7-8,10-11,13,15H,3-6,9H2,1-2H3. The molecule has 0 saturated heterocycles. The average Bonchev–Trinajstić information content (AvgIpc) is 2.35. The summed E-state index contributed by atoms with van der Waals surface area (Å²) in [5, 5.41) is 3.17. The molecule has 1 saturated carbocycles. The van der Waals surface area contributed by atoms with Crippen LogP contribution in [-0.4, -0.2) is 18.1 Å². The van der Waals surface area contributed by atoms with Crippen molar-refractivity contribution in [3.63, 3.8) is 0 Å². The zero-order valence-corrected chi connectivity index (χ0v) is 10.8. The number of hydrogen-bond donors (Lipinski definition) is 1. The van der Waals surface area contributed by atoms with E-state index >= 15 is 0 Å². The lowest BCUT2D eigenvalue weighted by Gasteiger charge is -2.29. The van der Waals surface area contributed by atoms with E-state index in [4.69, 9.17) is 4.74 Å². The number of rotatable bonds is 4. The molecule has 0 aromatic carbocycles. The lowest BCUT2D eigenvalue weighted by atomic mass is 9.88. The van der Waals surface area contributed by atoms with Crippen molar-refractivity contribution in [2.24, 2.45) is 5.92 Å². The number of ether oxygens (including phenoxy) is 1. The van der Waals surface area contributed by atoms with Gasteiger partial charge in [0.1, 0.15) is 11.9 Å². The van der Waals surface area contributed by atoms with E-state index in [1.54, 1.807) is 0 Å². The molecule has 1 aliphatic rings. The van der Waals surface area contributed by atoms with Crippen LogP contribution < -0.4 is 10.1 Å². The van der Waals surface area contributed by atoms with Crippen molar-refractivity contribution in [2.75, 3.05) is 7.05 Å². The summed E-state index contributed by atoms with van der Waals surface area (Å²) in [7, 11) is 1.95. The summed E-state index contributed by atoms with van der Waals surface area (Å²) in [6.45, 7) is 3.12. The van der Waals surface area contributed by atoms with Crippen LogP contribution >= 0.6 is 0 Å². The molecule has 2 unspecified atom stereocenters. The van der Waals surface area contributed by atoms with Crippen LogP contribution in [0.5, 0.6) is 5.75 Å². The topological polar surface area (TPSA) is 34.2 Å². The highest BCUT2D eigenvalue weighted by Crippen LogP contribution is 2.29. The van der Waals surface area contributed by atoms with E-state index in [1.807, 2.05) is 25.5 Å². The summed E-state index contributed by atoms with van der Waals surface area (Å²) >= 11 is 0. The van der Waals surface area contributed by atoms with E-state index in [0.29, 0.717) is 12.0 Å². The fraction of sp³-hybridized carbons (Fsp3) is 0.643. The highest BCUT2D eigenvalue weighted by Gasteiger charge is 2.23. The molecule has 1 heterocycles. The third-order valence-corrected chi connectivity index (χ3v) is 3.55. The number of nitrogens with one attached hydrogen (secondary N) is 1. The predicted octanol–water partition coefficient (Wildman–Crippen LogP) is 2.76. The average molecular weight is 234 g/mol. The lowest BCUT2D eigenvalue weighted by Crippen LogP contribution is -2.28. The molecule has 0 aliphatic heterocycles. The molecule has 1 aromatic heterocycles. The Labute approximate surface area is 104 Å². The first-order valence-electron chi connectivity index (χ1n) is 6.55. The van der Waals surface area contributed by atoms with Gasteiger partial charge in [-0.05, 0) is 38.3 Å². The molecule has 0 spiro atoms. The maximum atomic E-state index is 6.15. The van der Waals surface area contributed by atoms with Gasteiger partial charge in [-0.1, -0.05) is 13.3 Å². The third-order valence-electron chi connectivity index (χ3n) is 3.55. The minimum atomic E-state index is 0.364. The van der Waals surface area contributed by atoms with Crippen LogP contribution in [0.25, 0.3) is 0 Å². The summed E-state index contributed by atoms with van der Waals surface area (Å²) in [6.07, 6.45) is 9.12. The van der Waals surface area contributed by atoms with Crippen molar-refractivity contribution in [3.05, 3.63) is 24.0 Å². The van der Waals surface area contributed by atoms with Crippen molar-refractivity contribution < 1.29 is 4.74 Å². The normalized spacial score (nSPS) is 24.6. The molecule has 2 atom stereocenters. The quantitative estimate of drug-likeness (QED) is 0.870. The van der Waals surface area contributed by atoms with E-state index < -0.39 is 0 Å². The largest absolute Gasteiger partial charge is 0.488 e. The van der Waals surface area contributed by atoms with Crippen LogP contribution in [0.2, 0.25) is 0 Å². The summed E-state index contributed by atoms with van der Waals surface area (Å²) < 4.78 is 6.15. The summed E-state index contributed by atoms with van der Waals surface area (Å²) in [4.78, 5) is 4.17. The van der Waals surface area contributed by atoms with Crippen LogP contribution in [0.15, 0.2) is 18.5 Å². The fourth-order valence-corrected chi connectivity index (χ4v) is 2.47. The Morgan fingerprint density at radius 3 is 3.00 bits per heavy atom. The van der Waals surface area contributed by atoms with Crippen molar-refractivity contribution in [3.8, 4) is 5.75 Å². The van der Waals surface area contributed by atoms with Gasteiger partial charge in [0.25, 0.3) is 0 Å². The first-order valence-corrected chi connectivity index (χ1v) is 6.55. The van der Waals surface area contributed by atoms with Gasteiger partial charge >= 0.3 is 0 Å². The van der Waals surface area contributed by atoms with Gasteiger partial charge in [-0.3, -0.25) is 4.98 Å². The van der Waals surface area contributed by atoms with Crippen LogP contribution in [0.1, 0.15) is 38.2 Å². The Morgan fingerprint density at radius 2 is 2.24 bits per heavy atom. The Balaban J connectivity index is 2.06. The summed E-state index contributed by atoms with van der Waals surface area (Å²) in [6, 6.07) is 2.03. The molecule has 1 N–H and O–H groups in total. The van der Waals surface area contributed by atoms with Gasteiger partial charge in [0, 0.05) is 18.3 Å². The first kappa shape index (κ1) is 12.4. The second kappa shape index (κ2) is 6.01. The monoisotopic (exact) mass is 234 g/mol. The van der Waals surface area contributed by atoms with E-state index in [2.05, 4.69) is 17.2 Å². The molecule has 3 heteroatoms. The molecule has 1 aromatic rings. The van der Waals surface area contributed by atoms with Gasteiger partial charge in [0.2, 0.25) is 0 Å². The van der Waals surface area contributed by atoms with Gasteiger partial charge in [0.15, 0.2) is 0 Å². The van der Waals surface area contributed by atoms with Crippen molar-refractivity contribution in [1.82, 2.24) is 10.3 Å². The van der Waals surface area contributed by atoms with Gasteiger partial charge in [-0.25, -0.2) is 0 Å². The summed E-state index contributed by atoms with van der Waals surface area (Å²) in [5.41, 5.74) is 1.19. The van der Waals surface area contributed by atoms with E-state index in [-0.39, 0.29) is 0 Å². The zero-order chi connectivity index (χ0) is 12.1. The highest BCUT2D eigenvalue weighted by atomic mass is 16.5. The van der Waals surface area contributed by atoms with Crippen LogP contribution in [0.4, 0.5) is 0 Å². The summed E-state index contributed by atoms with van der Waals surface area (Å²) in [5.74, 6) is 1.60. The van der Waals surface area contributed by atoms with Gasteiger partial charge < -0.3 is 10.1 Å². The Kier molecular flexibility index (Phi) is 4.37. The second-order valence-corrected chi connectivity index (χ2v) is 4.93. The molecular formula is C14H22N2O. The Morgan fingerprint density at radius 1 is 1.41 bits per heavy atom. The van der Waals surface area contributed by atoms with E-state index in [0.717, 1.165) is 12.3 Å². The molecule has 1 fully saturated rings. The lowest BCUT2D eigenvalue weighted by molar-refractivity contribution is 0.101. The van der Waals surface area contributed by atoms with Crippen LogP contribution in [0.3, 0.4) is 0 Å². The Hall–Kier alpha value is -1.09. The molecule has 2 rings (SSSR count). The number of pyridine rings is 1. The van der Waals surface area contributed by atoms with Gasteiger partial charge in [-0.2, -0.15) is 0 Å². The third kappa shape index (κ3) is 3.19. The maximum Gasteiger partial charge on any atom is 0.142 e. The fourth-order valence-electron chi connectivity index (χ4n) is 2.47. The number of aromatic nitrogens is 1. The van der Waals surface area contributed by atoms with E-state index in [9.17, 15) is 0 Å². The van der Waals surface area contributed by atoms with Gasteiger partial charge in [0.05, 0.1) is 6.20 Å². The first-order chi connectivity index (χ1) is 8.31. The Bertz CT molecular complexity index is 354. The molecular weight excluding hydrogens is 212 g/mol. The smallest absolute Gasteiger partial charge is 0.142 e. The minimum absolute atomic E-state index is 0.364. The van der Waals surface area contributed by atoms with Gasteiger partial charge in [-0.15, -0.1) is 0 Å². The molecule has 0 radical (unpaired) electrons. The maximum absolute atomic E-state index is 6.15. The van der Waals surface area contributed by atoms with Crippen molar-refractivity contribution in [2.45, 2.75) is 45.3 Å². The number of nitrogens with zero attached hydrogens (tertiary/aromatic N) is 1. The molecule has 1 aliphatic carbocycles. The molecule has 0 amide bonds. The van der Waals surface area contributed by atoms with Crippen molar-refractivity contribution in [1.29, 1.82) is 0 Å². The zero-order valence-electron chi connectivity index (χ0n) is 10.8.